The number of amides is 1. The minimum Gasteiger partial charge on any atom is -0.444 e. The summed E-state index contributed by atoms with van der Waals surface area (Å²) < 4.78 is 11.3. The maximum absolute atomic E-state index is 12.5. The molecule has 1 heterocycles. The zero-order valence-electron chi connectivity index (χ0n) is 14.8. The molecule has 2 rings (SSSR count). The predicted octanol–water partition coefficient (Wildman–Crippen LogP) is 3.15. The molecule has 1 amide bonds. The van der Waals surface area contributed by atoms with Gasteiger partial charge in [0.15, 0.2) is 0 Å². The predicted molar refractivity (Wildman–Crippen MR) is 90.0 cm³/mol. The molecule has 0 saturated carbocycles. The number of carbonyl (C=O) groups excluding carboxylic acids is 1. The van der Waals surface area contributed by atoms with E-state index >= 15 is 0 Å². The second kappa shape index (κ2) is 6.89. The SMILES string of the molecule is CC(C)(C)OC(=O)N1[C@H](CNCc2ccccc2)COC1(C)C. The second-order valence-corrected chi connectivity index (χ2v) is 7.38. The van der Waals surface area contributed by atoms with Gasteiger partial charge >= 0.3 is 6.09 Å². The highest BCUT2D eigenvalue weighted by molar-refractivity contribution is 5.69. The Bertz CT molecular complexity index is 523. The second-order valence-electron chi connectivity index (χ2n) is 7.38. The number of hydrogen-bond acceptors (Lipinski definition) is 4. The molecule has 1 atom stereocenters. The van der Waals surface area contributed by atoms with E-state index in [2.05, 4.69) is 17.4 Å². The highest BCUT2D eigenvalue weighted by atomic mass is 16.6. The third-order valence-electron chi connectivity index (χ3n) is 3.72. The number of rotatable bonds is 4. The molecule has 1 saturated heterocycles. The maximum atomic E-state index is 12.5. The van der Waals surface area contributed by atoms with Crippen molar-refractivity contribution in [2.75, 3.05) is 13.2 Å². The van der Waals surface area contributed by atoms with Crippen LogP contribution in [0.5, 0.6) is 0 Å². The molecular weight excluding hydrogens is 292 g/mol. The molecule has 128 valence electrons. The summed E-state index contributed by atoms with van der Waals surface area (Å²) >= 11 is 0. The molecule has 5 heteroatoms. The maximum Gasteiger partial charge on any atom is 0.412 e. The Morgan fingerprint density at radius 1 is 1.35 bits per heavy atom. The summed E-state index contributed by atoms with van der Waals surface area (Å²) in [6, 6.07) is 10.2. The zero-order valence-corrected chi connectivity index (χ0v) is 14.8. The number of benzene rings is 1. The van der Waals surface area contributed by atoms with Crippen molar-refractivity contribution in [1.82, 2.24) is 10.2 Å². The minimum atomic E-state index is -0.651. The first kappa shape index (κ1) is 17.8. The van der Waals surface area contributed by atoms with Crippen molar-refractivity contribution in [1.29, 1.82) is 0 Å². The van der Waals surface area contributed by atoms with E-state index < -0.39 is 11.3 Å². The van der Waals surface area contributed by atoms with Gasteiger partial charge in [0.2, 0.25) is 0 Å². The topological polar surface area (TPSA) is 50.8 Å². The van der Waals surface area contributed by atoms with Crippen LogP contribution < -0.4 is 5.32 Å². The van der Waals surface area contributed by atoms with Crippen LogP contribution in [0, 0.1) is 0 Å². The van der Waals surface area contributed by atoms with Crippen LogP contribution in [-0.4, -0.2) is 41.5 Å². The Balaban J connectivity index is 1.95. The van der Waals surface area contributed by atoms with Crippen molar-refractivity contribution < 1.29 is 14.3 Å². The summed E-state index contributed by atoms with van der Waals surface area (Å²) in [6.07, 6.45) is -0.327. The van der Waals surface area contributed by atoms with Gasteiger partial charge in [0.1, 0.15) is 11.3 Å². The number of hydrogen-bond donors (Lipinski definition) is 1. The van der Waals surface area contributed by atoms with Crippen LogP contribution >= 0.6 is 0 Å². The smallest absolute Gasteiger partial charge is 0.412 e. The van der Waals surface area contributed by atoms with E-state index in [4.69, 9.17) is 9.47 Å². The average molecular weight is 320 g/mol. The molecule has 0 bridgehead atoms. The highest BCUT2D eigenvalue weighted by Crippen LogP contribution is 2.29. The molecular formula is C18H28N2O3. The molecule has 1 aliphatic rings. The van der Waals surface area contributed by atoms with Gasteiger partial charge in [-0.05, 0) is 40.2 Å². The van der Waals surface area contributed by atoms with Crippen molar-refractivity contribution in [3.05, 3.63) is 35.9 Å². The number of nitrogens with zero attached hydrogens (tertiary/aromatic N) is 1. The number of ether oxygens (including phenoxy) is 2. The van der Waals surface area contributed by atoms with Gasteiger partial charge in [-0.2, -0.15) is 0 Å². The normalized spacial score (nSPS) is 20.6. The van der Waals surface area contributed by atoms with Crippen LogP contribution in [-0.2, 0) is 16.0 Å². The Labute approximate surface area is 139 Å². The van der Waals surface area contributed by atoms with E-state index in [0.29, 0.717) is 13.2 Å². The van der Waals surface area contributed by atoms with Crippen LogP contribution in [0.4, 0.5) is 4.79 Å². The van der Waals surface area contributed by atoms with Crippen LogP contribution in [0.3, 0.4) is 0 Å². The summed E-state index contributed by atoms with van der Waals surface area (Å²) in [4.78, 5) is 14.2. The van der Waals surface area contributed by atoms with Gasteiger partial charge in [-0.15, -0.1) is 0 Å². The minimum absolute atomic E-state index is 0.0384. The Morgan fingerprint density at radius 2 is 2.00 bits per heavy atom. The first-order valence-electron chi connectivity index (χ1n) is 8.10. The van der Waals surface area contributed by atoms with Gasteiger partial charge in [-0.1, -0.05) is 30.3 Å². The fourth-order valence-electron chi connectivity index (χ4n) is 2.69. The van der Waals surface area contributed by atoms with E-state index in [1.807, 2.05) is 52.8 Å². The van der Waals surface area contributed by atoms with Gasteiger partial charge in [0.05, 0.1) is 12.6 Å². The molecule has 23 heavy (non-hydrogen) atoms. The van der Waals surface area contributed by atoms with E-state index in [1.54, 1.807) is 4.90 Å². The lowest BCUT2D eigenvalue weighted by molar-refractivity contribution is -0.0623. The first-order valence-corrected chi connectivity index (χ1v) is 8.10. The van der Waals surface area contributed by atoms with E-state index in [9.17, 15) is 4.79 Å². The van der Waals surface area contributed by atoms with Gasteiger partial charge in [-0.3, -0.25) is 4.90 Å². The lowest BCUT2D eigenvalue weighted by Gasteiger charge is -2.35. The van der Waals surface area contributed by atoms with Crippen LogP contribution in [0.1, 0.15) is 40.2 Å². The average Bonchev–Trinajstić information content (AvgIpc) is 2.73. The summed E-state index contributed by atoms with van der Waals surface area (Å²) in [7, 11) is 0. The molecule has 0 aromatic heterocycles. The molecule has 1 aromatic rings. The molecule has 0 unspecified atom stereocenters. The molecule has 0 radical (unpaired) electrons. The highest BCUT2D eigenvalue weighted by Gasteiger charge is 2.45. The van der Waals surface area contributed by atoms with Crippen molar-refractivity contribution in [2.24, 2.45) is 0 Å². The van der Waals surface area contributed by atoms with Crippen LogP contribution in [0.2, 0.25) is 0 Å². The van der Waals surface area contributed by atoms with Crippen molar-refractivity contribution in [2.45, 2.75) is 58.5 Å². The quantitative estimate of drug-likeness (QED) is 0.926. The molecule has 0 aliphatic carbocycles. The molecule has 1 aliphatic heterocycles. The Kier molecular flexibility index (Phi) is 5.32. The van der Waals surface area contributed by atoms with Gasteiger partial charge in [0.25, 0.3) is 0 Å². The summed E-state index contributed by atoms with van der Waals surface area (Å²) in [5.74, 6) is 0. The fraction of sp³-hybridized carbons (Fsp3) is 0.611. The van der Waals surface area contributed by atoms with Crippen LogP contribution in [0.25, 0.3) is 0 Å². The van der Waals surface area contributed by atoms with Crippen molar-refractivity contribution >= 4 is 6.09 Å². The Hall–Kier alpha value is -1.59. The Morgan fingerprint density at radius 3 is 2.61 bits per heavy atom. The molecule has 1 N–H and O–H groups in total. The van der Waals surface area contributed by atoms with Crippen molar-refractivity contribution in [3.8, 4) is 0 Å². The third kappa shape index (κ3) is 4.94. The van der Waals surface area contributed by atoms with Crippen LogP contribution in [0.15, 0.2) is 30.3 Å². The lowest BCUT2D eigenvalue weighted by atomic mass is 10.2. The largest absolute Gasteiger partial charge is 0.444 e. The number of nitrogens with one attached hydrogen (secondary N) is 1. The summed E-state index contributed by atoms with van der Waals surface area (Å²) in [5, 5.41) is 3.40. The molecule has 5 nitrogen and oxygen atoms in total. The molecule has 1 fully saturated rings. The summed E-state index contributed by atoms with van der Waals surface area (Å²) in [5.41, 5.74) is 0.0497. The lowest BCUT2D eigenvalue weighted by Crippen LogP contribution is -2.52. The monoisotopic (exact) mass is 320 g/mol. The first-order chi connectivity index (χ1) is 10.7. The van der Waals surface area contributed by atoms with Gasteiger partial charge < -0.3 is 14.8 Å². The van der Waals surface area contributed by atoms with E-state index in [-0.39, 0.29) is 12.1 Å². The molecule has 1 aromatic carbocycles. The fourth-order valence-corrected chi connectivity index (χ4v) is 2.69. The van der Waals surface area contributed by atoms with Gasteiger partial charge in [-0.25, -0.2) is 4.79 Å². The molecule has 0 spiro atoms. The van der Waals surface area contributed by atoms with E-state index in [0.717, 1.165) is 6.54 Å². The van der Waals surface area contributed by atoms with Crippen molar-refractivity contribution in [3.63, 3.8) is 0 Å². The zero-order chi connectivity index (χ0) is 17.1. The number of carbonyl (C=O) groups is 1. The standard InChI is InChI=1S/C18H28N2O3/c1-17(2,3)23-16(21)20-15(13-22-18(20,4)5)12-19-11-14-9-7-6-8-10-14/h6-10,15,19H,11-13H2,1-5H3/t15-/m1/s1. The summed E-state index contributed by atoms with van der Waals surface area (Å²) in [6.45, 7) is 11.3. The third-order valence-corrected chi connectivity index (χ3v) is 3.72. The van der Waals surface area contributed by atoms with E-state index in [1.165, 1.54) is 5.56 Å². The van der Waals surface area contributed by atoms with Gasteiger partial charge in [0, 0.05) is 13.1 Å².